The lowest BCUT2D eigenvalue weighted by molar-refractivity contribution is -0.182. The Morgan fingerprint density at radius 3 is 2.15 bits per heavy atom. The minimum atomic E-state index is -4.26. The van der Waals surface area contributed by atoms with E-state index >= 15 is 0 Å². The maximum Gasteiger partial charge on any atom is 0.391 e. The molecule has 1 aliphatic rings. The highest BCUT2D eigenvalue weighted by molar-refractivity contribution is 5.45. The number of alkyl halides is 3. The minimum Gasteiger partial charge on any atom is -0.382 e. The summed E-state index contributed by atoms with van der Waals surface area (Å²) in [5.74, 6) is -5.73. The molecule has 0 amide bonds. The Hall–Kier alpha value is -1.40. The normalized spacial score (nSPS) is 23.7. The fourth-order valence-corrected chi connectivity index (χ4v) is 2.49. The SMILES string of the molecule is Fc1cc(NC2CCCC(C(F)(F)F)C2)cc(F)c1F. The second-order valence-electron chi connectivity index (χ2n) is 5.00. The molecular weight excluding hydrogens is 284 g/mol. The molecule has 112 valence electrons. The zero-order valence-electron chi connectivity index (χ0n) is 10.4. The third-order valence-electron chi connectivity index (χ3n) is 3.49. The molecule has 0 saturated heterocycles. The molecule has 2 rings (SSSR count). The fraction of sp³-hybridized carbons (Fsp3) is 0.538. The quantitative estimate of drug-likeness (QED) is 0.619. The van der Waals surface area contributed by atoms with Crippen LogP contribution in [0, 0.1) is 23.4 Å². The largest absolute Gasteiger partial charge is 0.391 e. The molecule has 0 spiro atoms. The first-order chi connectivity index (χ1) is 9.27. The van der Waals surface area contributed by atoms with E-state index in [0.717, 1.165) is 12.1 Å². The summed E-state index contributed by atoms with van der Waals surface area (Å²) in [6.45, 7) is 0. The van der Waals surface area contributed by atoms with Gasteiger partial charge in [0.2, 0.25) is 0 Å². The standard InChI is InChI=1S/C13H13F6N/c14-10-5-9(6-11(15)12(10)16)20-8-3-1-2-7(4-8)13(17,18)19/h5-8,20H,1-4H2. The zero-order chi connectivity index (χ0) is 14.9. The van der Waals surface area contributed by atoms with Crippen LogP contribution < -0.4 is 5.32 Å². The Morgan fingerprint density at radius 1 is 1.00 bits per heavy atom. The van der Waals surface area contributed by atoms with Crippen molar-refractivity contribution in [2.45, 2.75) is 37.9 Å². The summed E-state index contributed by atoms with van der Waals surface area (Å²) < 4.78 is 76.7. The minimum absolute atomic E-state index is 0.0470. The molecule has 0 aromatic heterocycles. The van der Waals surface area contributed by atoms with Crippen molar-refractivity contribution in [3.63, 3.8) is 0 Å². The van der Waals surface area contributed by atoms with Gasteiger partial charge in [-0.2, -0.15) is 13.2 Å². The van der Waals surface area contributed by atoms with Gasteiger partial charge >= 0.3 is 6.18 Å². The Balaban J connectivity index is 2.07. The highest BCUT2D eigenvalue weighted by Crippen LogP contribution is 2.38. The molecule has 2 unspecified atom stereocenters. The van der Waals surface area contributed by atoms with Crippen molar-refractivity contribution in [1.29, 1.82) is 0 Å². The average molecular weight is 297 g/mol. The highest BCUT2D eigenvalue weighted by Gasteiger charge is 2.42. The summed E-state index contributed by atoms with van der Waals surface area (Å²) >= 11 is 0. The molecule has 0 heterocycles. The molecule has 1 fully saturated rings. The van der Waals surface area contributed by atoms with E-state index in [4.69, 9.17) is 0 Å². The van der Waals surface area contributed by atoms with Crippen molar-refractivity contribution < 1.29 is 26.3 Å². The topological polar surface area (TPSA) is 12.0 Å². The van der Waals surface area contributed by atoms with Gasteiger partial charge in [0.25, 0.3) is 0 Å². The van der Waals surface area contributed by atoms with Crippen LogP contribution in [0.15, 0.2) is 12.1 Å². The van der Waals surface area contributed by atoms with Crippen LogP contribution >= 0.6 is 0 Å². The van der Waals surface area contributed by atoms with Crippen molar-refractivity contribution in [3.8, 4) is 0 Å². The van der Waals surface area contributed by atoms with Crippen LogP contribution in [0.25, 0.3) is 0 Å². The molecule has 0 bridgehead atoms. The van der Waals surface area contributed by atoms with Crippen molar-refractivity contribution in [3.05, 3.63) is 29.6 Å². The van der Waals surface area contributed by atoms with Gasteiger partial charge in [0.1, 0.15) is 0 Å². The Morgan fingerprint density at radius 2 is 1.60 bits per heavy atom. The second-order valence-corrected chi connectivity index (χ2v) is 5.00. The molecule has 7 heteroatoms. The van der Waals surface area contributed by atoms with Gasteiger partial charge in [0.15, 0.2) is 17.5 Å². The van der Waals surface area contributed by atoms with Crippen molar-refractivity contribution in [2.75, 3.05) is 5.32 Å². The second kappa shape index (κ2) is 5.54. The van der Waals surface area contributed by atoms with Crippen molar-refractivity contribution in [1.82, 2.24) is 0 Å². The molecule has 2 atom stereocenters. The van der Waals surface area contributed by atoms with E-state index in [1.807, 2.05) is 0 Å². The lowest BCUT2D eigenvalue weighted by Crippen LogP contribution is -2.34. The van der Waals surface area contributed by atoms with Gasteiger partial charge in [0, 0.05) is 23.9 Å². The first-order valence-electron chi connectivity index (χ1n) is 6.25. The predicted octanol–water partition coefficient (Wildman–Crippen LogP) is 4.64. The summed E-state index contributed by atoms with van der Waals surface area (Å²) in [7, 11) is 0. The molecule has 0 aliphatic heterocycles. The number of benzene rings is 1. The Bertz CT molecular complexity index is 461. The van der Waals surface area contributed by atoms with Crippen LogP contribution in [-0.2, 0) is 0 Å². The van der Waals surface area contributed by atoms with Gasteiger partial charge in [-0.1, -0.05) is 6.42 Å². The summed E-state index contributed by atoms with van der Waals surface area (Å²) in [5.41, 5.74) is -0.0470. The van der Waals surface area contributed by atoms with E-state index < -0.39 is 35.6 Å². The van der Waals surface area contributed by atoms with Gasteiger partial charge in [0.05, 0.1) is 5.92 Å². The van der Waals surface area contributed by atoms with E-state index in [1.54, 1.807) is 0 Å². The average Bonchev–Trinajstić information content (AvgIpc) is 2.35. The maximum atomic E-state index is 13.0. The van der Waals surface area contributed by atoms with Gasteiger partial charge < -0.3 is 5.32 Å². The van der Waals surface area contributed by atoms with Crippen LogP contribution in [0.2, 0.25) is 0 Å². The molecule has 0 radical (unpaired) electrons. The van der Waals surface area contributed by atoms with E-state index in [1.165, 1.54) is 0 Å². The van der Waals surface area contributed by atoms with E-state index in [0.29, 0.717) is 12.8 Å². The smallest absolute Gasteiger partial charge is 0.382 e. The molecule has 1 N–H and O–H groups in total. The third kappa shape index (κ3) is 3.37. The van der Waals surface area contributed by atoms with Crippen LogP contribution in [0.4, 0.5) is 32.0 Å². The van der Waals surface area contributed by atoms with Gasteiger partial charge in [-0.3, -0.25) is 0 Å². The van der Waals surface area contributed by atoms with E-state index in [-0.39, 0.29) is 18.5 Å². The lowest BCUT2D eigenvalue weighted by atomic mass is 9.85. The molecule has 1 nitrogen and oxygen atoms in total. The Kier molecular flexibility index (Phi) is 4.15. The van der Waals surface area contributed by atoms with Gasteiger partial charge in [-0.15, -0.1) is 0 Å². The molecule has 1 aliphatic carbocycles. The van der Waals surface area contributed by atoms with Crippen LogP contribution in [0.5, 0.6) is 0 Å². The monoisotopic (exact) mass is 297 g/mol. The van der Waals surface area contributed by atoms with E-state index in [9.17, 15) is 26.3 Å². The Labute approximate surface area is 112 Å². The van der Waals surface area contributed by atoms with Crippen molar-refractivity contribution >= 4 is 5.69 Å². The number of nitrogens with one attached hydrogen (secondary N) is 1. The first-order valence-corrected chi connectivity index (χ1v) is 6.25. The summed E-state index contributed by atoms with van der Waals surface area (Å²) in [5, 5.41) is 2.65. The molecule has 1 aromatic carbocycles. The number of rotatable bonds is 2. The lowest BCUT2D eigenvalue weighted by Gasteiger charge is -2.31. The van der Waals surface area contributed by atoms with Gasteiger partial charge in [-0.25, -0.2) is 13.2 Å². The van der Waals surface area contributed by atoms with Crippen LogP contribution in [0.3, 0.4) is 0 Å². The molecule has 20 heavy (non-hydrogen) atoms. The van der Waals surface area contributed by atoms with Crippen molar-refractivity contribution in [2.24, 2.45) is 5.92 Å². The first kappa shape index (κ1) is 15.0. The van der Waals surface area contributed by atoms with E-state index in [2.05, 4.69) is 5.32 Å². The number of hydrogen-bond donors (Lipinski definition) is 1. The summed E-state index contributed by atoms with van der Waals surface area (Å²) in [6.07, 6.45) is -3.49. The van der Waals surface area contributed by atoms with Crippen LogP contribution in [-0.4, -0.2) is 12.2 Å². The summed E-state index contributed by atoms with van der Waals surface area (Å²) in [4.78, 5) is 0. The van der Waals surface area contributed by atoms with Gasteiger partial charge in [-0.05, 0) is 19.3 Å². The number of hydrogen-bond acceptors (Lipinski definition) is 1. The number of halogens is 6. The van der Waals surface area contributed by atoms with Crippen LogP contribution in [0.1, 0.15) is 25.7 Å². The summed E-state index contributed by atoms with van der Waals surface area (Å²) in [6, 6.07) is 0.963. The maximum absolute atomic E-state index is 13.0. The molecule has 1 aromatic rings. The number of anilines is 1. The molecular formula is C13H13F6N. The predicted molar refractivity (Wildman–Crippen MR) is 61.7 cm³/mol. The zero-order valence-corrected chi connectivity index (χ0v) is 10.4. The fourth-order valence-electron chi connectivity index (χ4n) is 2.49. The molecule has 1 saturated carbocycles. The third-order valence-corrected chi connectivity index (χ3v) is 3.49. The highest BCUT2D eigenvalue weighted by atomic mass is 19.4.